The van der Waals surface area contributed by atoms with E-state index in [1.165, 1.54) is 22.5 Å². The fourth-order valence-electron chi connectivity index (χ4n) is 2.77. The highest BCUT2D eigenvalue weighted by molar-refractivity contribution is 9.10. The van der Waals surface area contributed by atoms with Crippen molar-refractivity contribution in [1.82, 2.24) is 9.21 Å². The van der Waals surface area contributed by atoms with Crippen molar-refractivity contribution in [2.75, 3.05) is 32.4 Å². The summed E-state index contributed by atoms with van der Waals surface area (Å²) in [7, 11) is -7.41. The fourth-order valence-corrected chi connectivity index (χ4v) is 5.91. The molecule has 0 atom stereocenters. The number of sulfone groups is 1. The van der Waals surface area contributed by atoms with Gasteiger partial charge < -0.3 is 4.90 Å². The molecule has 0 aliphatic carbocycles. The average molecular weight is 467 g/mol. The van der Waals surface area contributed by atoms with Gasteiger partial charge in [-0.2, -0.15) is 4.31 Å². The zero-order valence-corrected chi connectivity index (χ0v) is 18.2. The van der Waals surface area contributed by atoms with E-state index in [0.29, 0.717) is 24.0 Å². The standard InChI is InChI=1S/C16H23BrN2O5S2/c1-12(2)16(20)18-7-4-8-19(10-9-18)26(23,24)15-11-13(25(3,21)22)5-6-14(15)17/h5-6,11-12H,4,7-10H2,1-3H3. The maximum atomic E-state index is 13.0. The molecule has 0 radical (unpaired) electrons. The van der Waals surface area contributed by atoms with Crippen LogP contribution in [0, 0.1) is 5.92 Å². The fraction of sp³-hybridized carbons (Fsp3) is 0.562. The summed E-state index contributed by atoms with van der Waals surface area (Å²) in [6.45, 7) is 4.91. The van der Waals surface area contributed by atoms with Crippen LogP contribution in [0.2, 0.25) is 0 Å². The Morgan fingerprint density at radius 2 is 1.73 bits per heavy atom. The van der Waals surface area contributed by atoms with Gasteiger partial charge in [0.1, 0.15) is 0 Å². The molecule has 10 heteroatoms. The van der Waals surface area contributed by atoms with E-state index >= 15 is 0 Å². The second kappa shape index (κ2) is 7.95. The van der Waals surface area contributed by atoms with Gasteiger partial charge >= 0.3 is 0 Å². The zero-order valence-electron chi connectivity index (χ0n) is 15.0. The molecule has 1 fully saturated rings. The Morgan fingerprint density at radius 3 is 2.31 bits per heavy atom. The minimum absolute atomic E-state index is 0.00417. The molecule has 26 heavy (non-hydrogen) atoms. The lowest BCUT2D eigenvalue weighted by Gasteiger charge is -2.23. The van der Waals surface area contributed by atoms with Crippen LogP contribution in [-0.2, 0) is 24.7 Å². The van der Waals surface area contributed by atoms with Gasteiger partial charge in [0.05, 0.1) is 9.79 Å². The Balaban J connectivity index is 2.32. The molecule has 0 spiro atoms. The molecule has 0 saturated carbocycles. The number of sulfonamides is 1. The zero-order chi connectivity index (χ0) is 19.7. The van der Waals surface area contributed by atoms with E-state index < -0.39 is 19.9 Å². The molecule has 1 amide bonds. The molecule has 1 saturated heterocycles. The van der Waals surface area contributed by atoms with Gasteiger partial charge in [-0.3, -0.25) is 4.79 Å². The Morgan fingerprint density at radius 1 is 1.08 bits per heavy atom. The van der Waals surface area contributed by atoms with E-state index in [1.54, 1.807) is 4.90 Å². The second-order valence-corrected chi connectivity index (χ2v) is 11.4. The van der Waals surface area contributed by atoms with Crippen LogP contribution < -0.4 is 0 Å². The number of amides is 1. The third kappa shape index (κ3) is 4.65. The smallest absolute Gasteiger partial charge is 0.244 e. The summed E-state index contributed by atoms with van der Waals surface area (Å²) >= 11 is 3.21. The quantitative estimate of drug-likeness (QED) is 0.673. The van der Waals surface area contributed by atoms with Gasteiger partial charge in [-0.25, -0.2) is 16.8 Å². The van der Waals surface area contributed by atoms with Gasteiger partial charge in [-0.1, -0.05) is 13.8 Å². The highest BCUT2D eigenvalue weighted by Crippen LogP contribution is 2.28. The van der Waals surface area contributed by atoms with Crippen molar-refractivity contribution in [2.45, 2.75) is 30.1 Å². The van der Waals surface area contributed by atoms with Crippen molar-refractivity contribution in [2.24, 2.45) is 5.92 Å². The normalized spacial score (nSPS) is 17.3. The molecule has 1 aromatic rings. The number of carbonyl (C=O) groups excluding carboxylic acids is 1. The van der Waals surface area contributed by atoms with Crippen LogP contribution in [-0.4, -0.2) is 64.4 Å². The van der Waals surface area contributed by atoms with Crippen molar-refractivity contribution in [3.63, 3.8) is 0 Å². The summed E-state index contributed by atoms with van der Waals surface area (Å²) in [5.41, 5.74) is 0. The lowest BCUT2D eigenvalue weighted by atomic mass is 10.2. The van der Waals surface area contributed by atoms with E-state index in [-0.39, 0.29) is 34.7 Å². The highest BCUT2D eigenvalue weighted by Gasteiger charge is 2.31. The van der Waals surface area contributed by atoms with Gasteiger partial charge in [-0.05, 0) is 40.5 Å². The molecule has 0 unspecified atom stereocenters. The number of hydrogen-bond acceptors (Lipinski definition) is 5. The molecular formula is C16H23BrN2O5S2. The van der Waals surface area contributed by atoms with Crippen LogP contribution in [0.15, 0.2) is 32.5 Å². The molecule has 7 nitrogen and oxygen atoms in total. The van der Waals surface area contributed by atoms with Crippen molar-refractivity contribution >= 4 is 41.7 Å². The van der Waals surface area contributed by atoms with Crippen LogP contribution in [0.3, 0.4) is 0 Å². The number of benzene rings is 1. The first-order valence-corrected chi connectivity index (χ1v) is 12.4. The maximum absolute atomic E-state index is 13.0. The summed E-state index contributed by atoms with van der Waals surface area (Å²) in [5.74, 6) is -0.136. The lowest BCUT2D eigenvalue weighted by Crippen LogP contribution is -2.39. The first-order valence-electron chi connectivity index (χ1n) is 8.23. The molecular weight excluding hydrogens is 444 g/mol. The number of carbonyl (C=O) groups is 1. The second-order valence-electron chi connectivity index (χ2n) is 6.60. The van der Waals surface area contributed by atoms with Gasteiger partial charge in [0.25, 0.3) is 0 Å². The summed E-state index contributed by atoms with van der Waals surface area (Å²) in [5, 5.41) is 0. The minimum Gasteiger partial charge on any atom is -0.341 e. The van der Waals surface area contributed by atoms with E-state index in [4.69, 9.17) is 0 Å². The largest absolute Gasteiger partial charge is 0.341 e. The first kappa shape index (κ1) is 21.3. The molecule has 1 heterocycles. The predicted octanol–water partition coefficient (Wildman–Crippen LogP) is 1.73. The first-order chi connectivity index (χ1) is 11.9. The van der Waals surface area contributed by atoms with E-state index in [2.05, 4.69) is 15.9 Å². The lowest BCUT2D eigenvalue weighted by molar-refractivity contribution is -0.134. The Hall–Kier alpha value is -0.970. The van der Waals surface area contributed by atoms with Crippen LogP contribution >= 0.6 is 15.9 Å². The van der Waals surface area contributed by atoms with Crippen molar-refractivity contribution in [3.8, 4) is 0 Å². The Labute approximate surface area is 163 Å². The molecule has 0 N–H and O–H groups in total. The molecule has 2 rings (SSSR count). The van der Waals surface area contributed by atoms with Gasteiger partial charge in [-0.15, -0.1) is 0 Å². The number of hydrogen-bond donors (Lipinski definition) is 0. The van der Waals surface area contributed by atoms with Crippen LogP contribution in [0.25, 0.3) is 0 Å². The molecule has 1 aliphatic rings. The molecule has 1 aromatic carbocycles. The minimum atomic E-state index is -3.88. The van der Waals surface area contributed by atoms with Crippen LogP contribution in [0.5, 0.6) is 0 Å². The topological polar surface area (TPSA) is 91.8 Å². The average Bonchev–Trinajstić information content (AvgIpc) is 2.79. The number of nitrogens with zero attached hydrogens (tertiary/aromatic N) is 2. The summed E-state index contributed by atoms with van der Waals surface area (Å²) in [6.07, 6.45) is 1.56. The predicted molar refractivity (Wildman–Crippen MR) is 102 cm³/mol. The summed E-state index contributed by atoms with van der Waals surface area (Å²) in [6, 6.07) is 3.97. The van der Waals surface area contributed by atoms with Crippen molar-refractivity contribution in [3.05, 3.63) is 22.7 Å². The number of rotatable bonds is 4. The maximum Gasteiger partial charge on any atom is 0.244 e. The molecule has 1 aliphatic heterocycles. The summed E-state index contributed by atoms with van der Waals surface area (Å²) < 4.78 is 51.3. The monoisotopic (exact) mass is 466 g/mol. The van der Waals surface area contributed by atoms with Gasteiger partial charge in [0, 0.05) is 42.8 Å². The molecule has 0 aromatic heterocycles. The third-order valence-electron chi connectivity index (χ3n) is 4.21. The SMILES string of the molecule is CC(C)C(=O)N1CCCN(S(=O)(=O)c2cc(S(C)(=O)=O)ccc2Br)CC1. The van der Waals surface area contributed by atoms with Gasteiger partial charge in [0.15, 0.2) is 9.84 Å². The van der Waals surface area contributed by atoms with E-state index in [1.807, 2.05) is 13.8 Å². The van der Waals surface area contributed by atoms with Crippen molar-refractivity contribution < 1.29 is 21.6 Å². The summed E-state index contributed by atoms with van der Waals surface area (Å²) in [4.78, 5) is 13.7. The third-order valence-corrected chi connectivity index (χ3v) is 8.21. The molecule has 146 valence electrons. The Kier molecular flexibility index (Phi) is 6.53. The van der Waals surface area contributed by atoms with Crippen LogP contribution in [0.4, 0.5) is 0 Å². The highest BCUT2D eigenvalue weighted by atomic mass is 79.9. The Bertz CT molecular complexity index is 897. The van der Waals surface area contributed by atoms with E-state index in [0.717, 1.165) is 6.26 Å². The number of halogens is 1. The molecule has 0 bridgehead atoms. The van der Waals surface area contributed by atoms with Gasteiger partial charge in [0.2, 0.25) is 15.9 Å². The van der Waals surface area contributed by atoms with Crippen molar-refractivity contribution in [1.29, 1.82) is 0 Å². The van der Waals surface area contributed by atoms with E-state index in [9.17, 15) is 21.6 Å². The van der Waals surface area contributed by atoms with Crippen LogP contribution in [0.1, 0.15) is 20.3 Å².